The molecule has 0 unspecified atom stereocenters. The Bertz CT molecular complexity index is 1180. The van der Waals surface area contributed by atoms with Gasteiger partial charge in [0.1, 0.15) is 17.3 Å². The summed E-state index contributed by atoms with van der Waals surface area (Å²) in [5, 5.41) is 5.04. The lowest BCUT2D eigenvalue weighted by molar-refractivity contribution is -0.113. The van der Waals surface area contributed by atoms with E-state index in [2.05, 4.69) is 20.6 Å². The number of nitrogens with zero attached hydrogens (tertiary/aromatic N) is 1. The predicted molar refractivity (Wildman–Crippen MR) is 116 cm³/mol. The van der Waals surface area contributed by atoms with Gasteiger partial charge in [-0.2, -0.15) is 0 Å². The Morgan fingerprint density at radius 3 is 2.58 bits per heavy atom. The van der Waals surface area contributed by atoms with E-state index in [1.807, 2.05) is 0 Å². The van der Waals surface area contributed by atoms with Crippen molar-refractivity contribution in [3.63, 3.8) is 0 Å². The molecule has 0 aliphatic rings. The lowest BCUT2D eigenvalue weighted by atomic mass is 10.2. The number of thioether (sulfide) groups is 1. The molecule has 0 aliphatic carbocycles. The fourth-order valence-corrected chi connectivity index (χ4v) is 3.22. The first-order valence-electron chi connectivity index (χ1n) is 8.90. The van der Waals surface area contributed by atoms with Crippen LogP contribution in [0.2, 0.25) is 0 Å². The average Bonchev–Trinajstić information content (AvgIpc) is 2.75. The zero-order valence-electron chi connectivity index (χ0n) is 16.3. The molecule has 0 saturated carbocycles. The highest BCUT2D eigenvalue weighted by Gasteiger charge is 2.17. The Morgan fingerprint density at radius 1 is 1.16 bits per heavy atom. The van der Waals surface area contributed by atoms with Gasteiger partial charge in [-0.05, 0) is 24.3 Å². The third-order valence-corrected chi connectivity index (χ3v) is 4.88. The predicted octanol–water partition coefficient (Wildman–Crippen LogP) is 2.48. The minimum absolute atomic E-state index is 0.0681. The number of amides is 2. The van der Waals surface area contributed by atoms with Crippen molar-refractivity contribution in [1.82, 2.24) is 9.97 Å². The molecule has 31 heavy (non-hydrogen) atoms. The Kier molecular flexibility index (Phi) is 6.88. The molecule has 11 heteroatoms. The number of rotatable bonds is 7. The number of ether oxygens (including phenoxy) is 1. The van der Waals surface area contributed by atoms with Gasteiger partial charge >= 0.3 is 0 Å². The molecule has 3 rings (SSSR count). The maximum atomic E-state index is 13.7. The van der Waals surface area contributed by atoms with E-state index in [-0.39, 0.29) is 33.9 Å². The summed E-state index contributed by atoms with van der Waals surface area (Å²) in [5.74, 6) is -1.76. The number of carbonyl (C=O) groups is 2. The number of nitrogen functional groups attached to an aromatic ring is 1. The van der Waals surface area contributed by atoms with Crippen LogP contribution in [0.4, 0.5) is 21.6 Å². The summed E-state index contributed by atoms with van der Waals surface area (Å²) in [6.07, 6.45) is 0. The molecule has 0 bridgehead atoms. The van der Waals surface area contributed by atoms with E-state index in [0.29, 0.717) is 11.4 Å². The normalized spacial score (nSPS) is 10.4. The van der Waals surface area contributed by atoms with Crippen molar-refractivity contribution >= 4 is 40.8 Å². The van der Waals surface area contributed by atoms with Crippen LogP contribution >= 0.6 is 11.8 Å². The number of methoxy groups -OCH3 is 1. The van der Waals surface area contributed by atoms with Gasteiger partial charge in [-0.1, -0.05) is 36.0 Å². The Balaban J connectivity index is 1.66. The number of para-hydroxylation sites is 2. The molecule has 3 aromatic rings. The van der Waals surface area contributed by atoms with Crippen molar-refractivity contribution in [2.75, 3.05) is 29.2 Å². The minimum Gasteiger partial charge on any atom is -0.495 e. The fraction of sp³-hybridized carbons (Fsp3) is 0.100. The fourth-order valence-electron chi connectivity index (χ4n) is 2.55. The van der Waals surface area contributed by atoms with E-state index in [0.717, 1.165) is 17.8 Å². The highest BCUT2D eigenvalue weighted by molar-refractivity contribution is 7.99. The van der Waals surface area contributed by atoms with Crippen LogP contribution in [-0.4, -0.2) is 34.6 Å². The zero-order chi connectivity index (χ0) is 22.4. The molecule has 0 spiro atoms. The van der Waals surface area contributed by atoms with Crippen LogP contribution in [0.3, 0.4) is 0 Å². The van der Waals surface area contributed by atoms with Crippen molar-refractivity contribution in [3.05, 3.63) is 70.3 Å². The summed E-state index contributed by atoms with van der Waals surface area (Å²) in [6, 6.07) is 12.2. The van der Waals surface area contributed by atoms with Gasteiger partial charge in [-0.3, -0.25) is 19.4 Å². The number of aromatic amines is 1. The molecule has 2 amide bonds. The van der Waals surface area contributed by atoms with Crippen LogP contribution < -0.4 is 26.7 Å². The number of benzene rings is 2. The largest absolute Gasteiger partial charge is 0.495 e. The molecular weight excluding hydrogens is 425 g/mol. The molecule has 1 heterocycles. The summed E-state index contributed by atoms with van der Waals surface area (Å²) in [4.78, 5) is 43.1. The van der Waals surface area contributed by atoms with Crippen LogP contribution in [0.25, 0.3) is 0 Å². The Morgan fingerprint density at radius 2 is 1.87 bits per heavy atom. The van der Waals surface area contributed by atoms with Gasteiger partial charge in [0.25, 0.3) is 11.5 Å². The van der Waals surface area contributed by atoms with Gasteiger partial charge in [0, 0.05) is 0 Å². The molecule has 5 N–H and O–H groups in total. The molecular formula is C20H18FN5O4S. The number of aromatic nitrogens is 2. The number of nitrogens with one attached hydrogen (secondary N) is 3. The molecule has 0 radical (unpaired) electrons. The zero-order valence-corrected chi connectivity index (χ0v) is 17.1. The monoisotopic (exact) mass is 443 g/mol. The third kappa shape index (κ3) is 5.39. The van der Waals surface area contributed by atoms with Gasteiger partial charge in [-0.15, -0.1) is 0 Å². The van der Waals surface area contributed by atoms with Crippen LogP contribution in [0.15, 0.2) is 58.5 Å². The number of hydrogen-bond acceptors (Lipinski definition) is 7. The van der Waals surface area contributed by atoms with Crippen LogP contribution in [0, 0.1) is 5.82 Å². The van der Waals surface area contributed by atoms with Crippen LogP contribution in [-0.2, 0) is 4.79 Å². The molecule has 0 aliphatic heterocycles. The number of nitrogens with two attached hydrogens (primary N) is 1. The van der Waals surface area contributed by atoms with Gasteiger partial charge in [-0.25, -0.2) is 9.37 Å². The molecule has 9 nitrogen and oxygen atoms in total. The number of halogens is 1. The lowest BCUT2D eigenvalue weighted by Crippen LogP contribution is -2.24. The van der Waals surface area contributed by atoms with Crippen LogP contribution in [0.5, 0.6) is 5.75 Å². The van der Waals surface area contributed by atoms with Crippen molar-refractivity contribution in [2.45, 2.75) is 5.16 Å². The minimum atomic E-state index is -0.839. The SMILES string of the molecule is COc1ccccc1NC(=O)CSc1nc(N)c(NC(=O)c2ccccc2F)c(=O)[nH]1. The van der Waals surface area contributed by atoms with Crippen molar-refractivity contribution in [2.24, 2.45) is 0 Å². The standard InChI is InChI=1S/C20H18FN5O4S/c1-30-14-9-5-4-8-13(14)23-15(27)10-31-20-25-17(22)16(19(29)26-20)24-18(28)11-6-2-3-7-12(11)21/h2-9H,10H2,1H3,(H,23,27)(H,24,28)(H3,22,25,26,29). The van der Waals surface area contributed by atoms with Gasteiger partial charge in [0.05, 0.1) is 24.1 Å². The second-order valence-corrected chi connectivity index (χ2v) is 7.07. The van der Waals surface area contributed by atoms with Gasteiger partial charge < -0.3 is 21.1 Å². The topological polar surface area (TPSA) is 139 Å². The molecule has 0 fully saturated rings. The van der Waals surface area contributed by atoms with E-state index in [1.165, 1.54) is 25.3 Å². The second kappa shape index (κ2) is 9.76. The van der Waals surface area contributed by atoms with Gasteiger partial charge in [0.2, 0.25) is 5.91 Å². The first kappa shape index (κ1) is 21.8. The quantitative estimate of drug-likeness (QED) is 0.325. The van der Waals surface area contributed by atoms with E-state index in [1.54, 1.807) is 24.3 Å². The first-order valence-corrected chi connectivity index (χ1v) is 9.89. The molecule has 0 saturated heterocycles. The molecule has 1 aromatic heterocycles. The summed E-state index contributed by atoms with van der Waals surface area (Å²) in [5.41, 5.74) is 5.00. The lowest BCUT2D eigenvalue weighted by Gasteiger charge is -2.10. The highest BCUT2D eigenvalue weighted by atomic mass is 32.2. The Hall–Kier alpha value is -3.86. The highest BCUT2D eigenvalue weighted by Crippen LogP contribution is 2.24. The second-order valence-electron chi connectivity index (χ2n) is 6.10. The maximum absolute atomic E-state index is 13.7. The first-order chi connectivity index (χ1) is 14.9. The van der Waals surface area contributed by atoms with E-state index in [9.17, 15) is 18.8 Å². The summed E-state index contributed by atoms with van der Waals surface area (Å²) in [7, 11) is 1.49. The number of carbonyl (C=O) groups excluding carboxylic acids is 2. The van der Waals surface area contributed by atoms with E-state index < -0.39 is 17.3 Å². The summed E-state index contributed by atoms with van der Waals surface area (Å²) >= 11 is 0.944. The average molecular weight is 443 g/mol. The van der Waals surface area contributed by atoms with E-state index in [4.69, 9.17) is 10.5 Å². The number of H-pyrrole nitrogens is 1. The number of hydrogen-bond donors (Lipinski definition) is 4. The third-order valence-electron chi connectivity index (χ3n) is 4.00. The molecule has 2 aromatic carbocycles. The van der Waals surface area contributed by atoms with Crippen molar-refractivity contribution in [1.29, 1.82) is 0 Å². The molecule has 160 valence electrons. The summed E-state index contributed by atoms with van der Waals surface area (Å²) < 4.78 is 18.9. The molecule has 0 atom stereocenters. The van der Waals surface area contributed by atoms with Gasteiger partial charge in [0.15, 0.2) is 11.0 Å². The number of anilines is 3. The summed E-state index contributed by atoms with van der Waals surface area (Å²) in [6.45, 7) is 0. The van der Waals surface area contributed by atoms with Crippen molar-refractivity contribution in [3.8, 4) is 5.75 Å². The smallest absolute Gasteiger partial charge is 0.277 e. The van der Waals surface area contributed by atoms with Crippen molar-refractivity contribution < 1.29 is 18.7 Å². The van der Waals surface area contributed by atoms with E-state index >= 15 is 0 Å². The maximum Gasteiger partial charge on any atom is 0.277 e. The Labute approximate surface area is 180 Å². The van der Waals surface area contributed by atoms with Crippen LogP contribution in [0.1, 0.15) is 10.4 Å².